The Morgan fingerprint density at radius 3 is 2.74 bits per heavy atom. The molecule has 4 aromatic rings. The Kier molecular flexibility index (Phi) is 5.21. The molecule has 1 aromatic carbocycles. The lowest BCUT2D eigenvalue weighted by molar-refractivity contribution is 0.256. The monoisotopic (exact) mass is 501 g/mol. The second-order valence-electron chi connectivity index (χ2n) is 7.44. The molecule has 0 saturated heterocycles. The molecule has 0 atom stereocenters. The number of urea groups is 1. The van der Waals surface area contributed by atoms with Crippen LogP contribution in [0.3, 0.4) is 0 Å². The van der Waals surface area contributed by atoms with E-state index in [-0.39, 0.29) is 21.6 Å². The molecule has 4 heterocycles. The fourth-order valence-electron chi connectivity index (χ4n) is 3.68. The van der Waals surface area contributed by atoms with Crippen molar-refractivity contribution in [2.24, 2.45) is 0 Å². The summed E-state index contributed by atoms with van der Waals surface area (Å²) in [4.78, 5) is 28.9. The summed E-state index contributed by atoms with van der Waals surface area (Å²) >= 11 is 0.383. The van der Waals surface area contributed by atoms with Crippen LogP contribution in [-0.2, 0) is 16.4 Å². The van der Waals surface area contributed by atoms with E-state index >= 15 is 0 Å². The SMILES string of the molecule is O=C(Nc1ccc(-n2c(O)c3cc4c(cc3cc2=O)NCC4)nc1)NS(=O)(=O)c1ccc(F)s1. The number of aromatic nitrogens is 2. The Labute approximate surface area is 195 Å². The standard InChI is InChI=1S/C21H16FN5O5S2/c22-16-2-4-19(33-16)34(31,32)26-21(30)25-13-1-3-17(24-10-13)27-18(28)9-12-8-15-11(5-6-23-15)7-14(12)20(27)29/h1-4,7-10,23,29H,5-6H2,(H2,25,26,30). The minimum Gasteiger partial charge on any atom is -0.494 e. The van der Waals surface area contributed by atoms with E-state index in [1.807, 2.05) is 12.1 Å². The van der Waals surface area contributed by atoms with E-state index in [1.165, 1.54) is 24.4 Å². The summed E-state index contributed by atoms with van der Waals surface area (Å²) in [5, 5.41) is 16.7. The van der Waals surface area contributed by atoms with Gasteiger partial charge in [-0.05, 0) is 53.8 Å². The van der Waals surface area contributed by atoms with E-state index in [0.29, 0.717) is 22.1 Å². The number of halogens is 1. The van der Waals surface area contributed by atoms with Gasteiger partial charge in [-0.1, -0.05) is 11.3 Å². The summed E-state index contributed by atoms with van der Waals surface area (Å²) in [6.45, 7) is 0.783. The lowest BCUT2D eigenvalue weighted by Crippen LogP contribution is -2.34. The fourth-order valence-corrected chi connectivity index (χ4v) is 5.59. The Hall–Kier alpha value is -3.97. The van der Waals surface area contributed by atoms with Crippen LogP contribution in [0, 0.1) is 5.13 Å². The number of pyridine rings is 2. The maximum Gasteiger partial charge on any atom is 0.333 e. The minimum atomic E-state index is -4.23. The molecular formula is C21H16FN5O5S2. The van der Waals surface area contributed by atoms with E-state index in [2.05, 4.69) is 15.6 Å². The zero-order chi connectivity index (χ0) is 24.0. The minimum absolute atomic E-state index is 0.107. The van der Waals surface area contributed by atoms with Gasteiger partial charge in [0.15, 0.2) is 5.13 Å². The highest BCUT2D eigenvalue weighted by Gasteiger charge is 2.21. The number of anilines is 2. The first-order valence-corrected chi connectivity index (χ1v) is 12.2. The molecule has 174 valence electrons. The quantitative estimate of drug-likeness (QED) is 0.337. The van der Waals surface area contributed by atoms with E-state index < -0.39 is 26.7 Å². The van der Waals surface area contributed by atoms with Crippen molar-refractivity contribution in [3.05, 3.63) is 69.7 Å². The second-order valence-corrected chi connectivity index (χ2v) is 10.4. The summed E-state index contributed by atoms with van der Waals surface area (Å²) < 4.78 is 39.8. The van der Waals surface area contributed by atoms with Crippen molar-refractivity contribution in [2.75, 3.05) is 17.2 Å². The van der Waals surface area contributed by atoms with Crippen LogP contribution < -0.4 is 20.9 Å². The summed E-state index contributed by atoms with van der Waals surface area (Å²) in [5.41, 5.74) is 1.60. The van der Waals surface area contributed by atoms with Gasteiger partial charge in [0.1, 0.15) is 10.0 Å². The maximum atomic E-state index is 13.1. The number of nitrogens with zero attached hydrogens (tertiary/aromatic N) is 2. The third-order valence-electron chi connectivity index (χ3n) is 5.21. The molecule has 1 aliphatic heterocycles. The van der Waals surface area contributed by atoms with Crippen LogP contribution in [0.25, 0.3) is 16.6 Å². The van der Waals surface area contributed by atoms with Crippen LogP contribution >= 0.6 is 11.3 Å². The van der Waals surface area contributed by atoms with Gasteiger partial charge in [0.2, 0.25) is 5.88 Å². The second kappa shape index (κ2) is 8.11. The number of carbonyl (C=O) groups excluding carboxylic acids is 1. The number of nitrogens with one attached hydrogen (secondary N) is 3. The van der Waals surface area contributed by atoms with Crippen molar-refractivity contribution < 1.29 is 22.7 Å². The zero-order valence-electron chi connectivity index (χ0n) is 17.2. The molecule has 0 radical (unpaired) electrons. The number of hydrogen-bond donors (Lipinski definition) is 4. The predicted octanol–water partition coefficient (Wildman–Crippen LogP) is 2.77. The van der Waals surface area contributed by atoms with Crippen LogP contribution in [0.1, 0.15) is 5.56 Å². The highest BCUT2D eigenvalue weighted by Crippen LogP contribution is 2.32. The van der Waals surface area contributed by atoms with Gasteiger partial charge in [0.05, 0.1) is 11.9 Å². The molecule has 0 unspecified atom stereocenters. The van der Waals surface area contributed by atoms with Gasteiger partial charge < -0.3 is 15.7 Å². The van der Waals surface area contributed by atoms with Crippen molar-refractivity contribution in [1.82, 2.24) is 14.3 Å². The summed E-state index contributed by atoms with van der Waals surface area (Å²) in [7, 11) is -4.23. The summed E-state index contributed by atoms with van der Waals surface area (Å²) in [6, 6.07) is 8.78. The van der Waals surface area contributed by atoms with E-state index in [9.17, 15) is 27.5 Å². The number of amides is 2. The number of sulfonamides is 1. The van der Waals surface area contributed by atoms with Crippen LogP contribution in [0.5, 0.6) is 5.88 Å². The Balaban J connectivity index is 1.38. The van der Waals surface area contributed by atoms with Gasteiger partial charge >= 0.3 is 6.03 Å². The van der Waals surface area contributed by atoms with E-state index in [1.54, 1.807) is 4.72 Å². The highest BCUT2D eigenvalue weighted by molar-refractivity contribution is 7.92. The van der Waals surface area contributed by atoms with Gasteiger partial charge in [-0.3, -0.25) is 4.79 Å². The van der Waals surface area contributed by atoms with Crippen molar-refractivity contribution in [3.8, 4) is 11.7 Å². The van der Waals surface area contributed by atoms with E-state index in [4.69, 9.17) is 0 Å². The first-order chi connectivity index (χ1) is 16.2. The Morgan fingerprint density at radius 1 is 1.21 bits per heavy atom. The molecule has 34 heavy (non-hydrogen) atoms. The number of carbonyl (C=O) groups is 1. The molecular weight excluding hydrogens is 485 g/mol. The average molecular weight is 502 g/mol. The molecule has 0 bridgehead atoms. The number of aromatic hydroxyl groups is 1. The number of hydrogen-bond acceptors (Lipinski definition) is 8. The average Bonchev–Trinajstić information content (AvgIpc) is 3.42. The molecule has 10 nitrogen and oxygen atoms in total. The van der Waals surface area contributed by atoms with Crippen molar-refractivity contribution in [1.29, 1.82) is 0 Å². The summed E-state index contributed by atoms with van der Waals surface area (Å²) in [6.07, 6.45) is 2.01. The predicted molar refractivity (Wildman–Crippen MR) is 125 cm³/mol. The topological polar surface area (TPSA) is 142 Å². The zero-order valence-corrected chi connectivity index (χ0v) is 18.8. The third-order valence-corrected chi connectivity index (χ3v) is 7.91. The molecule has 0 spiro atoms. The maximum absolute atomic E-state index is 13.1. The molecule has 0 saturated carbocycles. The molecule has 0 fully saturated rings. The van der Waals surface area contributed by atoms with Gasteiger partial charge in [0.25, 0.3) is 15.6 Å². The number of rotatable bonds is 4. The third kappa shape index (κ3) is 3.95. The molecule has 13 heteroatoms. The fraction of sp³-hybridized carbons (Fsp3) is 0.0952. The van der Waals surface area contributed by atoms with Crippen LogP contribution in [0.2, 0.25) is 0 Å². The van der Waals surface area contributed by atoms with Crippen molar-refractivity contribution in [3.63, 3.8) is 0 Å². The van der Waals surface area contributed by atoms with Crippen LogP contribution in [0.4, 0.5) is 20.6 Å². The van der Waals surface area contributed by atoms with Crippen molar-refractivity contribution >= 4 is 49.5 Å². The number of thiophene rings is 1. The Bertz CT molecular complexity index is 1610. The normalized spacial score (nSPS) is 12.9. The molecule has 2 amide bonds. The lowest BCUT2D eigenvalue weighted by atomic mass is 10.1. The van der Waals surface area contributed by atoms with Gasteiger partial charge in [-0.15, -0.1) is 0 Å². The van der Waals surface area contributed by atoms with Crippen LogP contribution in [-0.4, -0.2) is 35.7 Å². The number of benzene rings is 1. The van der Waals surface area contributed by atoms with Gasteiger partial charge in [0, 0.05) is 23.7 Å². The molecule has 3 aromatic heterocycles. The Morgan fingerprint density at radius 2 is 2.03 bits per heavy atom. The smallest absolute Gasteiger partial charge is 0.333 e. The first kappa shape index (κ1) is 21.9. The molecule has 4 N–H and O–H groups in total. The van der Waals surface area contributed by atoms with Crippen LogP contribution in [0.15, 0.2) is 57.7 Å². The molecule has 1 aliphatic rings. The first-order valence-electron chi connectivity index (χ1n) is 9.92. The largest absolute Gasteiger partial charge is 0.494 e. The highest BCUT2D eigenvalue weighted by atomic mass is 32.2. The number of fused-ring (bicyclic) bond motifs is 2. The van der Waals surface area contributed by atoms with Gasteiger partial charge in [-0.2, -0.15) is 4.39 Å². The van der Waals surface area contributed by atoms with Gasteiger partial charge in [-0.25, -0.2) is 27.5 Å². The molecule has 5 rings (SSSR count). The van der Waals surface area contributed by atoms with E-state index in [0.717, 1.165) is 40.9 Å². The summed E-state index contributed by atoms with van der Waals surface area (Å²) in [5.74, 6) is -0.159. The molecule has 0 aliphatic carbocycles. The lowest BCUT2D eigenvalue weighted by Gasteiger charge is -2.12. The van der Waals surface area contributed by atoms with Crippen molar-refractivity contribution in [2.45, 2.75) is 10.6 Å².